The summed E-state index contributed by atoms with van der Waals surface area (Å²) >= 11 is 1.72. The summed E-state index contributed by atoms with van der Waals surface area (Å²) in [6, 6.07) is 9.78. The predicted molar refractivity (Wildman–Crippen MR) is 153 cm³/mol. The molecule has 1 amide bonds. The van der Waals surface area contributed by atoms with Crippen molar-refractivity contribution in [2.45, 2.75) is 81.8 Å². The monoisotopic (exact) mass is 574 g/mol. The molecule has 1 saturated carbocycles. The van der Waals surface area contributed by atoms with E-state index in [0.717, 1.165) is 40.0 Å². The van der Waals surface area contributed by atoms with Crippen LogP contribution >= 0.6 is 11.8 Å². The minimum Gasteiger partial charge on any atom is -0.348 e. The molecule has 2 N–H and O–H groups in total. The third-order valence-corrected chi connectivity index (χ3v) is 9.93. The number of amides is 1. The largest absolute Gasteiger partial charge is 0.401 e. The molecule has 3 aromatic rings. The minimum atomic E-state index is -4.19. The van der Waals surface area contributed by atoms with Crippen molar-refractivity contribution in [3.8, 4) is 0 Å². The quantitative estimate of drug-likeness (QED) is 0.329. The Morgan fingerprint density at radius 3 is 2.50 bits per heavy atom. The number of nitrogens with one attached hydrogen (secondary N) is 2. The van der Waals surface area contributed by atoms with Gasteiger partial charge in [0.2, 0.25) is 0 Å². The summed E-state index contributed by atoms with van der Waals surface area (Å²) in [6.45, 7) is 5.99. The molecular formula is C30H37F3N4O2S. The van der Waals surface area contributed by atoms with E-state index in [1.807, 2.05) is 44.2 Å². The summed E-state index contributed by atoms with van der Waals surface area (Å²) in [7, 11) is 0. The van der Waals surface area contributed by atoms with Gasteiger partial charge < -0.3 is 14.9 Å². The van der Waals surface area contributed by atoms with Crippen LogP contribution in [0.25, 0.3) is 10.9 Å². The van der Waals surface area contributed by atoms with E-state index in [4.69, 9.17) is 0 Å². The molecule has 1 aromatic carbocycles. The van der Waals surface area contributed by atoms with E-state index in [2.05, 4.69) is 21.8 Å². The highest BCUT2D eigenvalue weighted by Gasteiger charge is 2.34. The Balaban J connectivity index is 1.36. The first-order valence-electron chi connectivity index (χ1n) is 14.1. The number of halogens is 3. The van der Waals surface area contributed by atoms with Gasteiger partial charge in [-0.05, 0) is 77.6 Å². The second-order valence-corrected chi connectivity index (χ2v) is 12.6. The molecule has 3 heterocycles. The smallest absolute Gasteiger partial charge is 0.348 e. The molecule has 40 heavy (non-hydrogen) atoms. The van der Waals surface area contributed by atoms with Gasteiger partial charge in [-0.15, -0.1) is 11.8 Å². The van der Waals surface area contributed by atoms with Gasteiger partial charge in [0.05, 0.1) is 17.7 Å². The lowest BCUT2D eigenvalue weighted by Gasteiger charge is -2.36. The van der Waals surface area contributed by atoms with Gasteiger partial charge in [0.25, 0.3) is 11.5 Å². The van der Waals surface area contributed by atoms with Crippen LogP contribution in [-0.2, 0) is 6.54 Å². The van der Waals surface area contributed by atoms with Gasteiger partial charge in [-0.3, -0.25) is 14.5 Å². The SMILES string of the molecule is Cc1cc(SC2CCC2)c(CNC(=O)c2c(C)n([C@H](C)C3CCN(CC(F)(F)F)CC3)c3ccccc23)c(=O)[nH]1. The summed E-state index contributed by atoms with van der Waals surface area (Å²) < 4.78 is 40.8. The molecule has 0 unspecified atom stereocenters. The number of benzene rings is 1. The molecule has 2 fully saturated rings. The third-order valence-electron chi connectivity index (χ3n) is 8.51. The van der Waals surface area contributed by atoms with E-state index in [-0.39, 0.29) is 30.0 Å². The number of carbonyl (C=O) groups excluding carboxylic acids is 1. The van der Waals surface area contributed by atoms with E-state index < -0.39 is 12.7 Å². The number of alkyl halides is 3. The Morgan fingerprint density at radius 2 is 1.85 bits per heavy atom. The highest BCUT2D eigenvalue weighted by molar-refractivity contribution is 8.00. The van der Waals surface area contributed by atoms with Gasteiger partial charge in [0.1, 0.15) is 0 Å². The van der Waals surface area contributed by atoms with Crippen molar-refractivity contribution in [3.63, 3.8) is 0 Å². The maximum Gasteiger partial charge on any atom is 0.401 e. The van der Waals surface area contributed by atoms with E-state index >= 15 is 0 Å². The van der Waals surface area contributed by atoms with Crippen molar-refractivity contribution in [1.29, 1.82) is 0 Å². The number of thioether (sulfide) groups is 1. The molecule has 10 heteroatoms. The van der Waals surface area contributed by atoms with E-state index in [0.29, 0.717) is 42.3 Å². The van der Waals surface area contributed by atoms with Crippen LogP contribution < -0.4 is 10.9 Å². The highest BCUT2D eigenvalue weighted by Crippen LogP contribution is 2.38. The van der Waals surface area contributed by atoms with Crippen LogP contribution in [0.15, 0.2) is 40.0 Å². The molecule has 6 nitrogen and oxygen atoms in total. The Labute approximate surface area is 236 Å². The van der Waals surface area contributed by atoms with E-state index in [9.17, 15) is 22.8 Å². The number of piperidine rings is 1. The summed E-state index contributed by atoms with van der Waals surface area (Å²) in [5.41, 5.74) is 3.55. The van der Waals surface area contributed by atoms with Crippen LogP contribution in [0.5, 0.6) is 0 Å². The number of aromatic amines is 1. The molecule has 2 aliphatic rings. The van der Waals surface area contributed by atoms with Crippen molar-refractivity contribution in [3.05, 3.63) is 63.2 Å². The number of likely N-dealkylation sites (tertiary alicyclic amines) is 1. The van der Waals surface area contributed by atoms with Crippen LogP contribution in [0.3, 0.4) is 0 Å². The van der Waals surface area contributed by atoms with Gasteiger partial charge in [-0.2, -0.15) is 13.2 Å². The first-order valence-corrected chi connectivity index (χ1v) is 15.0. The summed E-state index contributed by atoms with van der Waals surface area (Å²) in [6.07, 6.45) is 0.639. The molecule has 2 aromatic heterocycles. The Bertz CT molecular complexity index is 1440. The Morgan fingerprint density at radius 1 is 1.15 bits per heavy atom. The molecule has 0 radical (unpaired) electrons. The zero-order chi connectivity index (χ0) is 28.6. The molecule has 1 atom stereocenters. The normalized spacial score (nSPS) is 18.1. The Hall–Kier alpha value is -2.72. The number of aromatic nitrogens is 2. The minimum absolute atomic E-state index is 0.0184. The third kappa shape index (κ3) is 6.12. The lowest BCUT2D eigenvalue weighted by Crippen LogP contribution is -2.41. The van der Waals surface area contributed by atoms with Crippen LogP contribution in [0.2, 0.25) is 0 Å². The van der Waals surface area contributed by atoms with Gasteiger partial charge in [-0.1, -0.05) is 24.6 Å². The number of hydrogen-bond acceptors (Lipinski definition) is 4. The molecule has 1 aliphatic heterocycles. The number of nitrogens with zero attached hydrogens (tertiary/aromatic N) is 2. The molecule has 216 valence electrons. The maximum atomic E-state index is 13.7. The number of H-pyrrole nitrogens is 1. The summed E-state index contributed by atoms with van der Waals surface area (Å²) in [5.74, 6) is -0.0358. The van der Waals surface area contributed by atoms with Gasteiger partial charge >= 0.3 is 6.18 Å². The number of para-hydroxylation sites is 1. The number of carbonyl (C=O) groups is 1. The zero-order valence-electron chi connectivity index (χ0n) is 23.2. The average molecular weight is 575 g/mol. The van der Waals surface area contributed by atoms with Crippen LogP contribution in [0, 0.1) is 19.8 Å². The van der Waals surface area contributed by atoms with Crippen molar-refractivity contribution in [2.75, 3.05) is 19.6 Å². The number of hydrogen-bond donors (Lipinski definition) is 2. The number of pyridine rings is 1. The van der Waals surface area contributed by atoms with E-state index in [1.54, 1.807) is 11.8 Å². The van der Waals surface area contributed by atoms with Crippen molar-refractivity contribution >= 4 is 28.6 Å². The van der Waals surface area contributed by atoms with Gasteiger partial charge in [-0.25, -0.2) is 0 Å². The van der Waals surface area contributed by atoms with Crippen molar-refractivity contribution in [2.24, 2.45) is 5.92 Å². The average Bonchev–Trinajstić information content (AvgIpc) is 3.16. The second kappa shape index (κ2) is 11.6. The first kappa shape index (κ1) is 28.8. The lowest BCUT2D eigenvalue weighted by atomic mass is 9.90. The lowest BCUT2D eigenvalue weighted by molar-refractivity contribution is -0.149. The maximum absolute atomic E-state index is 13.7. The Kier molecular flexibility index (Phi) is 8.38. The fourth-order valence-corrected chi connectivity index (χ4v) is 7.62. The molecule has 0 spiro atoms. The molecular weight excluding hydrogens is 537 g/mol. The summed E-state index contributed by atoms with van der Waals surface area (Å²) in [5, 5.41) is 4.36. The molecule has 0 bridgehead atoms. The number of aryl methyl sites for hydroxylation is 1. The second-order valence-electron chi connectivity index (χ2n) is 11.3. The number of rotatable bonds is 8. The zero-order valence-corrected chi connectivity index (χ0v) is 24.1. The van der Waals surface area contributed by atoms with Crippen molar-refractivity contribution in [1.82, 2.24) is 19.8 Å². The van der Waals surface area contributed by atoms with Gasteiger partial charge in [0.15, 0.2) is 0 Å². The highest BCUT2D eigenvalue weighted by atomic mass is 32.2. The first-order chi connectivity index (χ1) is 19.0. The molecule has 5 rings (SSSR count). The standard InChI is InChI=1S/C30H37F3N4O2S/c1-18-15-26(40-22-7-6-8-22)24(28(38)35-18)16-34-29(39)27-20(3)37(25-10-5-4-9-23(25)27)19(2)21-11-13-36(14-12-21)17-30(31,32)33/h4-5,9-10,15,19,21-22H,6-8,11-14,16-17H2,1-3H3,(H,34,39)(H,35,38)/t19-/m1/s1. The van der Waals surface area contributed by atoms with E-state index in [1.165, 1.54) is 11.3 Å². The summed E-state index contributed by atoms with van der Waals surface area (Å²) in [4.78, 5) is 31.8. The number of fused-ring (bicyclic) bond motifs is 1. The van der Waals surface area contributed by atoms with Gasteiger partial charge in [0, 0.05) is 45.0 Å². The molecule has 1 saturated heterocycles. The fourth-order valence-electron chi connectivity index (χ4n) is 6.14. The van der Waals surface area contributed by atoms with Crippen LogP contribution in [-0.4, -0.2) is 51.4 Å². The molecule has 1 aliphatic carbocycles. The van der Waals surface area contributed by atoms with Crippen LogP contribution in [0.1, 0.15) is 72.4 Å². The predicted octanol–water partition coefficient (Wildman–Crippen LogP) is 6.36. The van der Waals surface area contributed by atoms with Crippen LogP contribution in [0.4, 0.5) is 13.2 Å². The van der Waals surface area contributed by atoms with Crippen molar-refractivity contribution < 1.29 is 18.0 Å². The topological polar surface area (TPSA) is 70.1 Å². The fraction of sp³-hybridized carbons (Fsp3) is 0.533.